The minimum Gasteiger partial charge on any atom is -0.398 e. The minimum atomic E-state index is -0.121. The first-order chi connectivity index (χ1) is 14.0. The monoisotopic (exact) mass is 385 g/mol. The van der Waals surface area contributed by atoms with Crippen LogP contribution in [0.4, 0.5) is 11.4 Å². The van der Waals surface area contributed by atoms with E-state index in [-0.39, 0.29) is 5.54 Å². The van der Waals surface area contributed by atoms with Crippen molar-refractivity contribution in [2.45, 2.75) is 37.6 Å². The molecule has 5 heteroatoms. The van der Waals surface area contributed by atoms with E-state index in [0.717, 1.165) is 22.9 Å². The second kappa shape index (κ2) is 5.62. The normalized spacial score (nSPS) is 32.4. The van der Waals surface area contributed by atoms with Gasteiger partial charge in [-0.25, -0.2) is 0 Å². The number of hydrogen-bond donors (Lipinski definition) is 3. The molecule has 2 aromatic carbocycles. The van der Waals surface area contributed by atoms with Crippen LogP contribution >= 0.6 is 0 Å². The predicted octanol–water partition coefficient (Wildman–Crippen LogP) is 4.64. The van der Waals surface area contributed by atoms with E-state index in [0.29, 0.717) is 17.5 Å². The Balaban J connectivity index is 1.62. The summed E-state index contributed by atoms with van der Waals surface area (Å²) in [6.07, 6.45) is 7.37. The number of nitrogens with zero attached hydrogens (tertiary/aromatic N) is 2. The standard InChI is InChI=1S/C24H27N5/c1-24(16-6-5-15(11-25)18(26)10-16)23-14-4-3-13(9-14)21(23)22-17-12-27-28-19(17)7-8-20(22)29(24)2/h5-8,10-14,21,23,25H,3-4,9,26H2,1-2H3,(H,27,28)/t13?,14?,21-,23-,24+/m1/s1. The van der Waals surface area contributed by atoms with Crippen molar-refractivity contribution in [1.29, 1.82) is 5.41 Å². The molecule has 4 N–H and O–H groups in total. The number of nitrogen functional groups attached to an aromatic ring is 1. The Hall–Kier alpha value is -2.82. The summed E-state index contributed by atoms with van der Waals surface area (Å²) in [5.41, 5.74) is 12.9. The van der Waals surface area contributed by atoms with E-state index in [1.165, 1.54) is 47.7 Å². The minimum absolute atomic E-state index is 0.121. The van der Waals surface area contributed by atoms with Gasteiger partial charge in [0.15, 0.2) is 0 Å². The van der Waals surface area contributed by atoms with E-state index < -0.39 is 0 Å². The van der Waals surface area contributed by atoms with Crippen molar-refractivity contribution >= 4 is 28.5 Å². The summed E-state index contributed by atoms with van der Waals surface area (Å²) < 4.78 is 0. The van der Waals surface area contributed by atoms with Crippen LogP contribution in [0.15, 0.2) is 36.5 Å². The number of nitrogens with one attached hydrogen (secondary N) is 2. The predicted molar refractivity (Wildman–Crippen MR) is 118 cm³/mol. The zero-order chi connectivity index (χ0) is 19.9. The molecule has 0 spiro atoms. The Bertz CT molecular complexity index is 1150. The highest BCUT2D eigenvalue weighted by atomic mass is 15.2. The number of rotatable bonds is 2. The highest BCUT2D eigenvalue weighted by molar-refractivity contribution is 5.89. The maximum absolute atomic E-state index is 7.61. The van der Waals surface area contributed by atoms with Crippen molar-refractivity contribution in [2.24, 2.45) is 17.8 Å². The van der Waals surface area contributed by atoms with E-state index in [1.807, 2.05) is 12.3 Å². The number of aromatic amines is 1. The van der Waals surface area contributed by atoms with Crippen LogP contribution in [0, 0.1) is 23.2 Å². The number of H-pyrrole nitrogens is 1. The fourth-order valence-corrected chi connectivity index (χ4v) is 7.07. The van der Waals surface area contributed by atoms with Gasteiger partial charge in [-0.2, -0.15) is 5.10 Å². The highest BCUT2D eigenvalue weighted by Gasteiger charge is 2.60. The summed E-state index contributed by atoms with van der Waals surface area (Å²) in [4.78, 5) is 2.50. The van der Waals surface area contributed by atoms with Crippen LogP contribution in [0.1, 0.15) is 48.8 Å². The molecule has 2 heterocycles. The third-order valence-corrected chi connectivity index (χ3v) is 8.43. The summed E-state index contributed by atoms with van der Waals surface area (Å²) in [7, 11) is 2.24. The second-order valence-corrected chi connectivity index (χ2v) is 9.41. The molecule has 3 aromatic rings. The Labute approximate surface area is 170 Å². The van der Waals surface area contributed by atoms with Gasteiger partial charge >= 0.3 is 0 Å². The lowest BCUT2D eigenvalue weighted by molar-refractivity contribution is 0.158. The molecule has 1 aliphatic heterocycles. The molecule has 5 nitrogen and oxygen atoms in total. The van der Waals surface area contributed by atoms with E-state index in [4.69, 9.17) is 11.1 Å². The second-order valence-electron chi connectivity index (χ2n) is 9.41. The van der Waals surface area contributed by atoms with Crippen LogP contribution in [0.25, 0.3) is 10.9 Å². The Morgan fingerprint density at radius 3 is 2.86 bits per heavy atom. The molecular formula is C24H27N5. The van der Waals surface area contributed by atoms with Crippen LogP contribution in [-0.4, -0.2) is 23.5 Å². The molecule has 0 radical (unpaired) electrons. The summed E-state index contributed by atoms with van der Waals surface area (Å²) in [5.74, 6) is 2.63. The maximum Gasteiger partial charge on any atom is 0.0659 e. The van der Waals surface area contributed by atoms with E-state index in [2.05, 4.69) is 53.3 Å². The molecule has 148 valence electrons. The van der Waals surface area contributed by atoms with Crippen molar-refractivity contribution in [3.63, 3.8) is 0 Å². The lowest BCUT2D eigenvalue weighted by Gasteiger charge is -2.55. The first-order valence-electron chi connectivity index (χ1n) is 10.6. The van der Waals surface area contributed by atoms with Crippen molar-refractivity contribution in [3.05, 3.63) is 53.2 Å². The van der Waals surface area contributed by atoms with Gasteiger partial charge in [-0.05, 0) is 79.2 Å². The van der Waals surface area contributed by atoms with Crippen molar-refractivity contribution in [1.82, 2.24) is 10.2 Å². The van der Waals surface area contributed by atoms with Gasteiger partial charge in [0.1, 0.15) is 0 Å². The topological polar surface area (TPSA) is 81.8 Å². The maximum atomic E-state index is 7.61. The van der Waals surface area contributed by atoms with Gasteiger partial charge in [0.05, 0.1) is 17.3 Å². The van der Waals surface area contributed by atoms with Gasteiger partial charge < -0.3 is 16.0 Å². The molecule has 2 fully saturated rings. The number of aromatic nitrogens is 2. The highest BCUT2D eigenvalue weighted by Crippen LogP contribution is 2.67. The van der Waals surface area contributed by atoms with Gasteiger partial charge in [0, 0.05) is 35.6 Å². The third kappa shape index (κ3) is 2.00. The molecule has 0 saturated heterocycles. The Morgan fingerprint density at radius 1 is 1.24 bits per heavy atom. The Morgan fingerprint density at radius 2 is 2.07 bits per heavy atom. The van der Waals surface area contributed by atoms with E-state index in [9.17, 15) is 0 Å². The zero-order valence-corrected chi connectivity index (χ0v) is 16.9. The zero-order valence-electron chi connectivity index (χ0n) is 16.9. The molecule has 1 aromatic heterocycles. The molecule has 3 aliphatic rings. The molecule has 5 atom stereocenters. The molecule has 2 bridgehead atoms. The van der Waals surface area contributed by atoms with Gasteiger partial charge in [-0.1, -0.05) is 12.1 Å². The summed E-state index contributed by atoms with van der Waals surface area (Å²) >= 11 is 0. The van der Waals surface area contributed by atoms with E-state index >= 15 is 0 Å². The number of nitrogens with two attached hydrogens (primary N) is 1. The molecule has 0 amide bonds. The molecular weight excluding hydrogens is 358 g/mol. The van der Waals surface area contributed by atoms with Gasteiger partial charge in [-0.15, -0.1) is 0 Å². The van der Waals surface area contributed by atoms with Crippen LogP contribution in [-0.2, 0) is 5.54 Å². The molecule has 29 heavy (non-hydrogen) atoms. The van der Waals surface area contributed by atoms with Crippen LogP contribution < -0.4 is 10.6 Å². The fourth-order valence-electron chi connectivity index (χ4n) is 7.07. The average molecular weight is 386 g/mol. The third-order valence-electron chi connectivity index (χ3n) is 8.43. The molecule has 2 saturated carbocycles. The number of benzene rings is 2. The SMILES string of the molecule is CN1c2ccc3[nH]ncc3c2[C@H]2C3CCC(C3)[C@H]2[C@]1(C)c1ccc(C=N)c(N)c1. The smallest absolute Gasteiger partial charge is 0.0659 e. The van der Waals surface area contributed by atoms with E-state index in [1.54, 1.807) is 0 Å². The number of fused-ring (bicyclic) bond motifs is 9. The first-order valence-corrected chi connectivity index (χ1v) is 10.6. The first kappa shape index (κ1) is 17.1. The average Bonchev–Trinajstić information content (AvgIpc) is 3.46. The lowest BCUT2D eigenvalue weighted by atomic mass is 9.60. The van der Waals surface area contributed by atoms with Crippen molar-refractivity contribution < 1.29 is 0 Å². The van der Waals surface area contributed by atoms with Crippen LogP contribution in [0.3, 0.4) is 0 Å². The van der Waals surface area contributed by atoms with Gasteiger partial charge in [-0.3, -0.25) is 5.10 Å². The quantitative estimate of drug-likeness (QED) is 0.444. The van der Waals surface area contributed by atoms with Gasteiger partial charge in [0.2, 0.25) is 0 Å². The number of anilines is 2. The summed E-state index contributed by atoms with van der Waals surface area (Å²) in [5, 5.41) is 16.4. The van der Waals surface area contributed by atoms with Crippen molar-refractivity contribution in [2.75, 3.05) is 17.7 Å². The summed E-state index contributed by atoms with van der Waals surface area (Å²) in [6, 6.07) is 10.7. The number of hydrogen-bond acceptors (Lipinski definition) is 4. The fraction of sp³-hybridized carbons (Fsp3) is 0.417. The Kier molecular flexibility index (Phi) is 3.31. The molecule has 2 aliphatic carbocycles. The largest absolute Gasteiger partial charge is 0.398 e. The molecule has 2 unspecified atom stereocenters. The van der Waals surface area contributed by atoms with Crippen LogP contribution in [0.2, 0.25) is 0 Å². The van der Waals surface area contributed by atoms with Gasteiger partial charge in [0.25, 0.3) is 0 Å². The molecule has 6 rings (SSSR count). The lowest BCUT2D eigenvalue weighted by Crippen LogP contribution is -2.54. The summed E-state index contributed by atoms with van der Waals surface area (Å²) in [6.45, 7) is 2.41. The van der Waals surface area contributed by atoms with Crippen LogP contribution in [0.5, 0.6) is 0 Å². The van der Waals surface area contributed by atoms with Crippen molar-refractivity contribution in [3.8, 4) is 0 Å².